The van der Waals surface area contributed by atoms with Crippen LogP contribution in [0.3, 0.4) is 0 Å². The van der Waals surface area contributed by atoms with Gasteiger partial charge in [0.25, 0.3) is 0 Å². The maximum absolute atomic E-state index is 11.2. The van der Waals surface area contributed by atoms with E-state index in [0.29, 0.717) is 17.4 Å². The predicted octanol–water partition coefficient (Wildman–Crippen LogP) is 5.37. The summed E-state index contributed by atoms with van der Waals surface area (Å²) in [6.07, 6.45) is 19.2. The van der Waals surface area contributed by atoms with Crippen molar-refractivity contribution in [2.75, 3.05) is 0 Å². The minimum Gasteiger partial charge on any atom is -0.478 e. The summed E-state index contributed by atoms with van der Waals surface area (Å²) in [6.45, 7) is 5.38. The smallest absolute Gasteiger partial charge is 0.336 e. The average molecular weight is 379 g/mol. The van der Waals surface area contributed by atoms with Gasteiger partial charge in [-0.3, -0.25) is 0 Å². The number of aliphatic carboxylic acids is 1. The Bertz CT molecular complexity index is 539. The average Bonchev–Trinajstić information content (AvgIpc) is 3.01. The quantitative estimate of drug-likeness (QED) is 0.185. The Hall–Kier alpha value is -1.39. The van der Waals surface area contributed by atoms with Crippen LogP contribution in [0.25, 0.3) is 0 Å². The molecule has 3 N–H and O–H groups in total. The van der Waals surface area contributed by atoms with E-state index in [0.717, 1.165) is 12.8 Å². The Morgan fingerprint density at radius 2 is 1.81 bits per heavy atom. The van der Waals surface area contributed by atoms with E-state index in [9.17, 15) is 20.1 Å². The molecule has 4 heteroatoms. The molecule has 0 aromatic carbocycles. The maximum Gasteiger partial charge on any atom is 0.336 e. The van der Waals surface area contributed by atoms with Gasteiger partial charge in [0.05, 0.1) is 5.57 Å². The van der Waals surface area contributed by atoms with Crippen molar-refractivity contribution in [2.24, 2.45) is 11.8 Å². The molecule has 0 spiro atoms. The van der Waals surface area contributed by atoms with Crippen LogP contribution in [0, 0.1) is 11.8 Å². The summed E-state index contributed by atoms with van der Waals surface area (Å²) in [7, 11) is 0. The van der Waals surface area contributed by atoms with Gasteiger partial charge in [0.2, 0.25) is 0 Å². The van der Waals surface area contributed by atoms with Gasteiger partial charge < -0.3 is 15.3 Å². The number of carboxylic acid groups (broad SMARTS) is 1. The van der Waals surface area contributed by atoms with E-state index in [1.165, 1.54) is 44.9 Å². The zero-order valence-corrected chi connectivity index (χ0v) is 17.3. The van der Waals surface area contributed by atoms with Crippen molar-refractivity contribution in [2.45, 2.75) is 90.8 Å². The SMILES string of the molecule is CCCCCCC=C[C@H]1CCC[C@@H]1CC=CCC(O)(O)C(C(=O)O)=C(C)C. The number of aliphatic hydroxyl groups is 2. The van der Waals surface area contributed by atoms with Crippen LogP contribution in [0.15, 0.2) is 35.5 Å². The van der Waals surface area contributed by atoms with Gasteiger partial charge in [-0.2, -0.15) is 0 Å². The van der Waals surface area contributed by atoms with Crippen molar-refractivity contribution < 1.29 is 20.1 Å². The first kappa shape index (κ1) is 23.6. The van der Waals surface area contributed by atoms with E-state index in [4.69, 9.17) is 0 Å². The fourth-order valence-electron chi connectivity index (χ4n) is 3.98. The second kappa shape index (κ2) is 12.1. The molecule has 1 fully saturated rings. The lowest BCUT2D eigenvalue weighted by Gasteiger charge is -2.22. The Morgan fingerprint density at radius 1 is 1.07 bits per heavy atom. The predicted molar refractivity (Wildman–Crippen MR) is 110 cm³/mol. The molecule has 1 rings (SSSR count). The highest BCUT2D eigenvalue weighted by Gasteiger charge is 2.33. The third-order valence-corrected chi connectivity index (χ3v) is 5.45. The summed E-state index contributed by atoms with van der Waals surface area (Å²) in [5, 5.41) is 29.4. The van der Waals surface area contributed by atoms with Crippen LogP contribution >= 0.6 is 0 Å². The molecule has 2 atom stereocenters. The van der Waals surface area contributed by atoms with Crippen LogP contribution in [0.1, 0.15) is 85.0 Å². The molecule has 0 heterocycles. The first-order valence-corrected chi connectivity index (χ1v) is 10.5. The molecule has 0 aromatic rings. The molecule has 0 amide bonds. The highest BCUT2D eigenvalue weighted by molar-refractivity contribution is 5.89. The second-order valence-corrected chi connectivity index (χ2v) is 8.04. The largest absolute Gasteiger partial charge is 0.478 e. The van der Waals surface area contributed by atoms with Crippen molar-refractivity contribution in [3.63, 3.8) is 0 Å². The first-order valence-electron chi connectivity index (χ1n) is 10.5. The van der Waals surface area contributed by atoms with Gasteiger partial charge in [0, 0.05) is 6.42 Å². The Morgan fingerprint density at radius 3 is 2.44 bits per heavy atom. The summed E-state index contributed by atoms with van der Waals surface area (Å²) < 4.78 is 0. The highest BCUT2D eigenvalue weighted by Crippen LogP contribution is 2.35. The van der Waals surface area contributed by atoms with Crippen LogP contribution in [-0.2, 0) is 4.79 Å². The Kier molecular flexibility index (Phi) is 10.6. The molecule has 1 saturated carbocycles. The Balaban J connectivity index is 2.48. The van der Waals surface area contributed by atoms with Crippen LogP contribution in [0.5, 0.6) is 0 Å². The number of rotatable bonds is 12. The maximum atomic E-state index is 11.2. The topological polar surface area (TPSA) is 77.8 Å². The third kappa shape index (κ3) is 8.44. The standard InChI is InChI=1S/C23H38O4/c1-4-5-6-7-8-9-13-19-15-12-16-20(19)14-10-11-17-23(26,27)21(18(2)3)22(24)25/h9-11,13,19-20,26-27H,4-8,12,14-17H2,1-3H3,(H,24,25)/t19-,20-/m0/s1. The van der Waals surface area contributed by atoms with Crippen molar-refractivity contribution >= 4 is 5.97 Å². The highest BCUT2D eigenvalue weighted by atomic mass is 16.5. The van der Waals surface area contributed by atoms with E-state index in [2.05, 4.69) is 19.1 Å². The van der Waals surface area contributed by atoms with Gasteiger partial charge in [0.15, 0.2) is 5.79 Å². The van der Waals surface area contributed by atoms with Gasteiger partial charge in [-0.1, -0.05) is 62.5 Å². The summed E-state index contributed by atoms with van der Waals surface area (Å²) in [6, 6.07) is 0. The number of hydrogen-bond acceptors (Lipinski definition) is 3. The molecule has 0 saturated heterocycles. The van der Waals surface area contributed by atoms with Crippen molar-refractivity contribution in [1.29, 1.82) is 0 Å². The molecule has 154 valence electrons. The van der Waals surface area contributed by atoms with Crippen LogP contribution in [-0.4, -0.2) is 27.1 Å². The minimum atomic E-state index is -2.32. The fraction of sp³-hybridized carbons (Fsp3) is 0.696. The van der Waals surface area contributed by atoms with Gasteiger partial charge in [-0.25, -0.2) is 4.79 Å². The van der Waals surface area contributed by atoms with E-state index >= 15 is 0 Å². The molecule has 4 nitrogen and oxygen atoms in total. The van der Waals surface area contributed by atoms with Crippen LogP contribution in [0.4, 0.5) is 0 Å². The van der Waals surface area contributed by atoms with Crippen molar-refractivity contribution in [3.8, 4) is 0 Å². The minimum absolute atomic E-state index is 0.107. The fourth-order valence-corrected chi connectivity index (χ4v) is 3.98. The molecule has 0 aromatic heterocycles. The third-order valence-electron chi connectivity index (χ3n) is 5.45. The number of carbonyl (C=O) groups is 1. The van der Waals surface area contributed by atoms with E-state index < -0.39 is 11.8 Å². The molecule has 0 bridgehead atoms. The van der Waals surface area contributed by atoms with E-state index in [-0.39, 0.29) is 12.0 Å². The van der Waals surface area contributed by atoms with E-state index in [1.807, 2.05) is 6.08 Å². The molecule has 0 radical (unpaired) electrons. The lowest BCUT2D eigenvalue weighted by Crippen LogP contribution is -2.35. The van der Waals surface area contributed by atoms with Crippen molar-refractivity contribution in [3.05, 3.63) is 35.5 Å². The molecule has 0 unspecified atom stereocenters. The number of hydrogen-bond donors (Lipinski definition) is 3. The second-order valence-electron chi connectivity index (χ2n) is 8.04. The summed E-state index contributed by atoms with van der Waals surface area (Å²) in [4.78, 5) is 11.2. The summed E-state index contributed by atoms with van der Waals surface area (Å²) in [5.41, 5.74) is 0.0673. The molecular formula is C23H38O4. The number of unbranched alkanes of at least 4 members (excludes halogenated alkanes) is 4. The zero-order valence-electron chi connectivity index (χ0n) is 17.3. The lowest BCUT2D eigenvalue weighted by atomic mass is 9.91. The lowest BCUT2D eigenvalue weighted by molar-refractivity contribution is -0.153. The molecule has 27 heavy (non-hydrogen) atoms. The molecular weight excluding hydrogens is 340 g/mol. The molecule has 0 aliphatic heterocycles. The normalized spacial score (nSPS) is 20.6. The number of allylic oxidation sites excluding steroid dienone is 4. The summed E-state index contributed by atoms with van der Waals surface area (Å²) in [5.74, 6) is -2.40. The molecule has 1 aliphatic rings. The Labute approximate surface area is 164 Å². The van der Waals surface area contributed by atoms with Crippen LogP contribution < -0.4 is 0 Å². The molecule has 1 aliphatic carbocycles. The van der Waals surface area contributed by atoms with E-state index in [1.54, 1.807) is 19.9 Å². The van der Waals surface area contributed by atoms with Crippen LogP contribution in [0.2, 0.25) is 0 Å². The summed E-state index contributed by atoms with van der Waals surface area (Å²) >= 11 is 0. The monoisotopic (exact) mass is 378 g/mol. The zero-order chi connectivity index (χ0) is 20.3. The van der Waals surface area contributed by atoms with Gasteiger partial charge in [-0.15, -0.1) is 0 Å². The van der Waals surface area contributed by atoms with Crippen molar-refractivity contribution in [1.82, 2.24) is 0 Å². The van der Waals surface area contributed by atoms with Gasteiger partial charge in [-0.05, 0) is 57.8 Å². The number of carboxylic acids is 1. The van der Waals surface area contributed by atoms with Gasteiger partial charge in [0.1, 0.15) is 0 Å². The first-order chi connectivity index (χ1) is 12.8. The van der Waals surface area contributed by atoms with Gasteiger partial charge >= 0.3 is 5.97 Å².